The molecule has 21 heavy (non-hydrogen) atoms. The van der Waals surface area contributed by atoms with Gasteiger partial charge in [-0.1, -0.05) is 6.92 Å². The number of anilines is 2. The molecule has 0 fully saturated rings. The Labute approximate surface area is 130 Å². The van der Waals surface area contributed by atoms with E-state index in [1.54, 1.807) is 11.3 Å². The molecule has 0 amide bonds. The van der Waals surface area contributed by atoms with Crippen molar-refractivity contribution in [1.29, 1.82) is 0 Å². The highest BCUT2D eigenvalue weighted by molar-refractivity contribution is 7.18. The maximum absolute atomic E-state index is 4.61. The van der Waals surface area contributed by atoms with E-state index in [0.29, 0.717) is 5.95 Å². The second kappa shape index (κ2) is 7.56. The third-order valence-corrected chi connectivity index (χ3v) is 4.37. The summed E-state index contributed by atoms with van der Waals surface area (Å²) < 4.78 is 0. The standard InChI is InChI=1S/C15H25N5S/c1-5-11-10-12-13(17-8-7-9-20(3)4)18-15(16-6-2)19-14(12)21-11/h10H,5-9H2,1-4H3,(H2,16,17,18,19). The molecule has 2 aromatic rings. The summed E-state index contributed by atoms with van der Waals surface area (Å²) >= 11 is 1.76. The summed E-state index contributed by atoms with van der Waals surface area (Å²) in [7, 11) is 4.19. The molecule has 5 nitrogen and oxygen atoms in total. The lowest BCUT2D eigenvalue weighted by atomic mass is 10.3. The van der Waals surface area contributed by atoms with E-state index in [1.165, 1.54) is 4.88 Å². The highest BCUT2D eigenvalue weighted by Gasteiger charge is 2.10. The average Bonchev–Trinajstić information content (AvgIpc) is 2.86. The molecule has 0 radical (unpaired) electrons. The highest BCUT2D eigenvalue weighted by Crippen LogP contribution is 2.30. The van der Waals surface area contributed by atoms with Gasteiger partial charge in [0.1, 0.15) is 10.6 Å². The summed E-state index contributed by atoms with van der Waals surface area (Å²) in [5, 5.41) is 7.82. The van der Waals surface area contributed by atoms with Crippen molar-refractivity contribution in [2.75, 3.05) is 44.4 Å². The van der Waals surface area contributed by atoms with Crippen molar-refractivity contribution in [2.24, 2.45) is 0 Å². The van der Waals surface area contributed by atoms with E-state index >= 15 is 0 Å². The second-order valence-corrected chi connectivity index (χ2v) is 6.41. The van der Waals surface area contributed by atoms with Gasteiger partial charge in [0.05, 0.1) is 5.39 Å². The van der Waals surface area contributed by atoms with E-state index in [9.17, 15) is 0 Å². The number of aryl methyl sites for hydroxylation is 1. The van der Waals surface area contributed by atoms with Crippen LogP contribution < -0.4 is 10.6 Å². The number of aromatic nitrogens is 2. The number of hydrogen-bond donors (Lipinski definition) is 2. The fourth-order valence-corrected chi connectivity index (χ4v) is 3.09. The van der Waals surface area contributed by atoms with Crippen LogP contribution in [0.1, 0.15) is 25.1 Å². The summed E-state index contributed by atoms with van der Waals surface area (Å²) in [4.78, 5) is 13.8. The number of nitrogens with zero attached hydrogens (tertiary/aromatic N) is 3. The maximum Gasteiger partial charge on any atom is 0.226 e. The molecule has 116 valence electrons. The molecular formula is C15H25N5S. The topological polar surface area (TPSA) is 53.1 Å². The van der Waals surface area contributed by atoms with E-state index in [4.69, 9.17) is 0 Å². The van der Waals surface area contributed by atoms with Gasteiger partial charge >= 0.3 is 0 Å². The predicted octanol–water partition coefficient (Wildman–Crippen LogP) is 3.05. The fraction of sp³-hybridized carbons (Fsp3) is 0.600. The molecule has 0 saturated heterocycles. The maximum atomic E-state index is 4.61. The van der Waals surface area contributed by atoms with Crippen LogP contribution in [-0.2, 0) is 6.42 Å². The van der Waals surface area contributed by atoms with Crippen LogP contribution in [0.3, 0.4) is 0 Å². The van der Waals surface area contributed by atoms with Crippen molar-refractivity contribution in [2.45, 2.75) is 26.7 Å². The Morgan fingerprint density at radius 3 is 2.67 bits per heavy atom. The van der Waals surface area contributed by atoms with E-state index in [2.05, 4.69) is 59.5 Å². The van der Waals surface area contributed by atoms with Crippen LogP contribution in [0.15, 0.2) is 6.07 Å². The smallest absolute Gasteiger partial charge is 0.226 e. The van der Waals surface area contributed by atoms with Crippen molar-refractivity contribution in [3.8, 4) is 0 Å². The van der Waals surface area contributed by atoms with Gasteiger partial charge < -0.3 is 15.5 Å². The van der Waals surface area contributed by atoms with E-state index < -0.39 is 0 Å². The zero-order valence-electron chi connectivity index (χ0n) is 13.4. The van der Waals surface area contributed by atoms with E-state index in [0.717, 1.165) is 48.5 Å². The molecule has 6 heteroatoms. The van der Waals surface area contributed by atoms with Gasteiger partial charge in [-0.25, -0.2) is 4.98 Å². The van der Waals surface area contributed by atoms with Crippen molar-refractivity contribution < 1.29 is 0 Å². The number of hydrogen-bond acceptors (Lipinski definition) is 6. The van der Waals surface area contributed by atoms with Crippen molar-refractivity contribution in [3.05, 3.63) is 10.9 Å². The minimum Gasteiger partial charge on any atom is -0.369 e. The molecule has 0 aliphatic rings. The Morgan fingerprint density at radius 2 is 2.00 bits per heavy atom. The van der Waals surface area contributed by atoms with Gasteiger partial charge in [0.2, 0.25) is 5.95 Å². The van der Waals surface area contributed by atoms with Gasteiger partial charge in [0.15, 0.2) is 0 Å². The Kier molecular flexibility index (Phi) is 5.76. The van der Waals surface area contributed by atoms with Crippen molar-refractivity contribution in [3.63, 3.8) is 0 Å². The monoisotopic (exact) mass is 307 g/mol. The highest BCUT2D eigenvalue weighted by atomic mass is 32.1. The molecule has 0 aromatic carbocycles. The van der Waals surface area contributed by atoms with Crippen LogP contribution in [0.4, 0.5) is 11.8 Å². The Balaban J connectivity index is 2.19. The van der Waals surface area contributed by atoms with Crippen LogP contribution >= 0.6 is 11.3 Å². The van der Waals surface area contributed by atoms with Crippen molar-refractivity contribution in [1.82, 2.24) is 14.9 Å². The quantitative estimate of drug-likeness (QED) is 0.734. The molecular weight excluding hydrogens is 282 g/mol. The third-order valence-electron chi connectivity index (χ3n) is 3.20. The molecule has 0 aliphatic heterocycles. The van der Waals surface area contributed by atoms with E-state index in [1.807, 2.05) is 0 Å². The molecule has 0 spiro atoms. The molecule has 0 saturated carbocycles. The zero-order chi connectivity index (χ0) is 15.2. The first-order valence-electron chi connectivity index (χ1n) is 7.57. The first kappa shape index (κ1) is 16.0. The van der Waals surface area contributed by atoms with Crippen LogP contribution in [0.25, 0.3) is 10.2 Å². The summed E-state index contributed by atoms with van der Waals surface area (Å²) in [6, 6.07) is 2.21. The van der Waals surface area contributed by atoms with Gasteiger partial charge in [0.25, 0.3) is 0 Å². The van der Waals surface area contributed by atoms with Crippen LogP contribution in [0.5, 0.6) is 0 Å². The first-order valence-corrected chi connectivity index (χ1v) is 8.38. The number of thiophene rings is 1. The molecule has 0 bridgehead atoms. The first-order chi connectivity index (χ1) is 10.1. The van der Waals surface area contributed by atoms with Crippen LogP contribution in [-0.4, -0.2) is 48.6 Å². The normalized spacial score (nSPS) is 11.3. The third kappa shape index (κ3) is 4.28. The number of nitrogens with one attached hydrogen (secondary N) is 2. The predicted molar refractivity (Wildman–Crippen MR) is 92.6 cm³/mol. The minimum atomic E-state index is 0.713. The number of fused-ring (bicyclic) bond motifs is 1. The van der Waals surface area contributed by atoms with Crippen LogP contribution in [0.2, 0.25) is 0 Å². The van der Waals surface area contributed by atoms with Gasteiger partial charge in [-0.15, -0.1) is 11.3 Å². The SMILES string of the molecule is CCNc1nc(NCCCN(C)C)c2cc(CC)sc2n1. The van der Waals surface area contributed by atoms with E-state index in [-0.39, 0.29) is 0 Å². The molecule has 2 aromatic heterocycles. The largest absolute Gasteiger partial charge is 0.369 e. The van der Waals surface area contributed by atoms with Gasteiger partial charge in [-0.3, -0.25) is 0 Å². The van der Waals surface area contributed by atoms with Crippen LogP contribution in [0, 0.1) is 0 Å². The lowest BCUT2D eigenvalue weighted by molar-refractivity contribution is 0.405. The Bertz CT molecular complexity index is 579. The fourth-order valence-electron chi connectivity index (χ4n) is 2.12. The lowest BCUT2D eigenvalue weighted by Gasteiger charge is -2.11. The molecule has 2 rings (SSSR count). The average molecular weight is 307 g/mol. The summed E-state index contributed by atoms with van der Waals surface area (Å²) in [6.07, 6.45) is 2.14. The summed E-state index contributed by atoms with van der Waals surface area (Å²) in [5.74, 6) is 1.66. The van der Waals surface area contributed by atoms with Gasteiger partial charge in [-0.2, -0.15) is 4.98 Å². The minimum absolute atomic E-state index is 0.713. The molecule has 0 aliphatic carbocycles. The molecule has 2 N–H and O–H groups in total. The number of rotatable bonds is 8. The Hall–Kier alpha value is -1.40. The van der Waals surface area contributed by atoms with Gasteiger partial charge in [-0.05, 0) is 46.5 Å². The second-order valence-electron chi connectivity index (χ2n) is 5.29. The summed E-state index contributed by atoms with van der Waals surface area (Å²) in [5.41, 5.74) is 0. The molecule has 0 atom stereocenters. The Morgan fingerprint density at radius 1 is 1.19 bits per heavy atom. The van der Waals surface area contributed by atoms with Gasteiger partial charge in [0, 0.05) is 18.0 Å². The molecule has 2 heterocycles. The molecule has 0 unspecified atom stereocenters. The van der Waals surface area contributed by atoms with Crippen molar-refractivity contribution >= 4 is 33.3 Å². The lowest BCUT2D eigenvalue weighted by Crippen LogP contribution is -2.17. The summed E-state index contributed by atoms with van der Waals surface area (Å²) in [6.45, 7) is 7.06. The zero-order valence-corrected chi connectivity index (χ0v) is 14.2.